The predicted molar refractivity (Wildman–Crippen MR) is 81.1 cm³/mol. The quantitative estimate of drug-likeness (QED) is 0.910. The molecule has 0 aromatic carbocycles. The number of nitrogen functional groups attached to an aromatic ring is 1. The number of rotatable bonds is 2. The lowest BCUT2D eigenvalue weighted by Gasteiger charge is -2.30. The summed E-state index contributed by atoms with van der Waals surface area (Å²) in [7, 11) is 0. The molecule has 21 heavy (non-hydrogen) atoms. The van der Waals surface area contributed by atoms with Gasteiger partial charge in [0.2, 0.25) is 0 Å². The number of nitrogens with zero attached hydrogens (tertiary/aromatic N) is 5. The Labute approximate surface area is 123 Å². The van der Waals surface area contributed by atoms with Crippen LogP contribution in [0.3, 0.4) is 0 Å². The molecule has 1 aliphatic heterocycles. The van der Waals surface area contributed by atoms with Crippen LogP contribution in [0.1, 0.15) is 25.3 Å². The molecule has 0 aliphatic carbocycles. The smallest absolute Gasteiger partial charge is 0.171 e. The van der Waals surface area contributed by atoms with E-state index in [9.17, 15) is 5.26 Å². The SMILES string of the molecule is CC1CCN(c2nn(-c3ccccn3)c(N)c2C#N)CC1. The van der Waals surface area contributed by atoms with Crippen molar-refractivity contribution in [2.24, 2.45) is 5.92 Å². The Morgan fingerprint density at radius 1 is 1.33 bits per heavy atom. The van der Waals surface area contributed by atoms with Gasteiger partial charge < -0.3 is 10.6 Å². The molecule has 1 saturated heterocycles. The highest BCUT2D eigenvalue weighted by Gasteiger charge is 2.24. The summed E-state index contributed by atoms with van der Waals surface area (Å²) < 4.78 is 1.55. The van der Waals surface area contributed by atoms with Gasteiger partial charge >= 0.3 is 0 Å². The number of anilines is 2. The molecule has 2 aromatic heterocycles. The fourth-order valence-corrected chi connectivity index (χ4v) is 2.62. The van der Waals surface area contributed by atoms with Crippen LogP contribution in [0.5, 0.6) is 0 Å². The van der Waals surface area contributed by atoms with Crippen molar-refractivity contribution < 1.29 is 0 Å². The average molecular weight is 282 g/mol. The molecule has 0 atom stereocenters. The van der Waals surface area contributed by atoms with Gasteiger partial charge in [0.15, 0.2) is 11.6 Å². The molecule has 0 radical (unpaired) electrons. The van der Waals surface area contributed by atoms with Crippen molar-refractivity contribution in [2.75, 3.05) is 23.7 Å². The summed E-state index contributed by atoms with van der Waals surface area (Å²) in [6, 6.07) is 7.72. The van der Waals surface area contributed by atoms with E-state index in [0.717, 1.165) is 31.8 Å². The molecule has 6 heteroatoms. The summed E-state index contributed by atoms with van der Waals surface area (Å²) in [5.74, 6) is 2.38. The second-order valence-corrected chi connectivity index (χ2v) is 5.46. The maximum atomic E-state index is 9.41. The van der Waals surface area contributed by atoms with Crippen LogP contribution in [0, 0.1) is 17.2 Å². The zero-order valence-electron chi connectivity index (χ0n) is 12.0. The number of hydrogen-bond acceptors (Lipinski definition) is 5. The molecule has 3 heterocycles. The lowest BCUT2D eigenvalue weighted by molar-refractivity contribution is 0.436. The highest BCUT2D eigenvalue weighted by Crippen LogP contribution is 2.29. The van der Waals surface area contributed by atoms with Crippen molar-refractivity contribution in [3.05, 3.63) is 30.0 Å². The van der Waals surface area contributed by atoms with Crippen LogP contribution >= 0.6 is 0 Å². The van der Waals surface area contributed by atoms with Crippen molar-refractivity contribution in [3.63, 3.8) is 0 Å². The van der Waals surface area contributed by atoms with Crippen molar-refractivity contribution in [2.45, 2.75) is 19.8 Å². The number of piperidine rings is 1. The van der Waals surface area contributed by atoms with E-state index in [1.165, 1.54) is 0 Å². The minimum absolute atomic E-state index is 0.352. The van der Waals surface area contributed by atoms with E-state index in [1.807, 2.05) is 18.2 Å². The molecule has 2 aromatic rings. The van der Waals surface area contributed by atoms with Crippen molar-refractivity contribution in [1.29, 1.82) is 5.26 Å². The number of hydrogen-bond donors (Lipinski definition) is 1. The second-order valence-electron chi connectivity index (χ2n) is 5.46. The third kappa shape index (κ3) is 2.42. The van der Waals surface area contributed by atoms with E-state index in [-0.39, 0.29) is 0 Å². The molecular weight excluding hydrogens is 264 g/mol. The van der Waals surface area contributed by atoms with Gasteiger partial charge in [-0.1, -0.05) is 13.0 Å². The van der Waals surface area contributed by atoms with Gasteiger partial charge in [-0.15, -0.1) is 5.10 Å². The fraction of sp³-hybridized carbons (Fsp3) is 0.400. The van der Waals surface area contributed by atoms with Gasteiger partial charge in [0.25, 0.3) is 0 Å². The normalized spacial score (nSPS) is 15.9. The van der Waals surface area contributed by atoms with Crippen LogP contribution in [0.25, 0.3) is 5.82 Å². The van der Waals surface area contributed by atoms with Gasteiger partial charge in [-0.25, -0.2) is 4.98 Å². The number of aromatic nitrogens is 3. The first-order chi connectivity index (χ1) is 10.2. The Balaban J connectivity index is 2.00. The first-order valence-corrected chi connectivity index (χ1v) is 7.15. The summed E-state index contributed by atoms with van der Waals surface area (Å²) in [5, 5.41) is 13.9. The number of pyridine rings is 1. The second kappa shape index (κ2) is 5.44. The molecule has 6 nitrogen and oxygen atoms in total. The fourth-order valence-electron chi connectivity index (χ4n) is 2.62. The first-order valence-electron chi connectivity index (χ1n) is 7.15. The lowest BCUT2D eigenvalue weighted by atomic mass is 9.99. The molecule has 3 rings (SSSR count). The van der Waals surface area contributed by atoms with Gasteiger partial charge in [-0.05, 0) is 30.9 Å². The molecule has 0 bridgehead atoms. The third-order valence-corrected chi connectivity index (χ3v) is 3.96. The van der Waals surface area contributed by atoms with Crippen LogP contribution in [0.2, 0.25) is 0 Å². The topological polar surface area (TPSA) is 83.8 Å². The van der Waals surface area contributed by atoms with Gasteiger partial charge in [-0.3, -0.25) is 0 Å². The summed E-state index contributed by atoms with van der Waals surface area (Å²) in [4.78, 5) is 6.40. The minimum atomic E-state index is 0.352. The Morgan fingerprint density at radius 3 is 2.71 bits per heavy atom. The van der Waals surface area contributed by atoms with Gasteiger partial charge in [0, 0.05) is 19.3 Å². The highest BCUT2D eigenvalue weighted by atomic mass is 15.4. The Hall–Kier alpha value is -2.55. The van der Waals surface area contributed by atoms with Crippen molar-refractivity contribution in [3.8, 4) is 11.9 Å². The maximum Gasteiger partial charge on any atom is 0.171 e. The largest absolute Gasteiger partial charge is 0.382 e. The summed E-state index contributed by atoms with van der Waals surface area (Å²) in [6.45, 7) is 4.08. The van der Waals surface area contributed by atoms with Crippen LogP contribution in [0.4, 0.5) is 11.6 Å². The van der Waals surface area contributed by atoms with Gasteiger partial charge in [0.1, 0.15) is 17.5 Å². The molecule has 0 spiro atoms. The predicted octanol–water partition coefficient (Wildman–Crippen LogP) is 1.96. The Bertz CT molecular complexity index is 661. The zero-order chi connectivity index (χ0) is 14.8. The molecule has 108 valence electrons. The van der Waals surface area contributed by atoms with E-state index in [2.05, 4.69) is 28.0 Å². The highest BCUT2D eigenvalue weighted by molar-refractivity contribution is 5.66. The van der Waals surface area contributed by atoms with E-state index in [4.69, 9.17) is 5.73 Å². The van der Waals surface area contributed by atoms with E-state index in [1.54, 1.807) is 10.9 Å². The van der Waals surface area contributed by atoms with Crippen molar-refractivity contribution in [1.82, 2.24) is 14.8 Å². The first kappa shape index (κ1) is 13.4. The third-order valence-electron chi connectivity index (χ3n) is 3.96. The zero-order valence-corrected chi connectivity index (χ0v) is 12.0. The molecular formula is C15H18N6. The molecule has 0 amide bonds. The summed E-state index contributed by atoms with van der Waals surface area (Å²) in [5.41, 5.74) is 6.53. The van der Waals surface area contributed by atoms with Crippen LogP contribution in [-0.4, -0.2) is 27.9 Å². The minimum Gasteiger partial charge on any atom is -0.382 e. The molecule has 0 unspecified atom stereocenters. The standard InChI is InChI=1S/C15H18N6/c1-11-5-8-20(9-6-11)15-12(10-16)14(17)21(19-15)13-4-2-3-7-18-13/h2-4,7,11H,5-6,8-9,17H2,1H3. The average Bonchev–Trinajstić information content (AvgIpc) is 2.85. The summed E-state index contributed by atoms with van der Waals surface area (Å²) in [6.07, 6.45) is 3.91. The number of nitrogens with two attached hydrogens (primary N) is 1. The van der Waals surface area contributed by atoms with Gasteiger partial charge in [0.05, 0.1) is 0 Å². The monoisotopic (exact) mass is 282 g/mol. The lowest BCUT2D eigenvalue weighted by Crippen LogP contribution is -2.33. The van der Waals surface area contributed by atoms with Crippen LogP contribution < -0.4 is 10.6 Å². The Morgan fingerprint density at radius 2 is 2.10 bits per heavy atom. The maximum absolute atomic E-state index is 9.41. The molecule has 1 fully saturated rings. The van der Waals surface area contributed by atoms with Crippen LogP contribution in [0.15, 0.2) is 24.4 Å². The molecule has 0 saturated carbocycles. The van der Waals surface area contributed by atoms with Gasteiger partial charge in [-0.2, -0.15) is 9.94 Å². The van der Waals surface area contributed by atoms with E-state index >= 15 is 0 Å². The van der Waals surface area contributed by atoms with Crippen LogP contribution in [-0.2, 0) is 0 Å². The van der Waals surface area contributed by atoms with E-state index < -0.39 is 0 Å². The Kier molecular flexibility index (Phi) is 3.48. The number of nitriles is 1. The van der Waals surface area contributed by atoms with E-state index in [0.29, 0.717) is 23.0 Å². The molecule has 1 aliphatic rings. The molecule has 2 N–H and O–H groups in total. The van der Waals surface area contributed by atoms with Crippen molar-refractivity contribution >= 4 is 11.6 Å². The summed E-state index contributed by atoms with van der Waals surface area (Å²) >= 11 is 0.